The van der Waals surface area contributed by atoms with E-state index in [1.54, 1.807) is 0 Å². The molecule has 0 aromatic carbocycles. The van der Waals surface area contributed by atoms with Gasteiger partial charge >= 0.3 is 0 Å². The lowest BCUT2D eigenvalue weighted by atomic mass is 10.1. The van der Waals surface area contributed by atoms with Gasteiger partial charge in [-0.15, -0.1) is 0 Å². The topological polar surface area (TPSA) is 76.3 Å². The molecule has 6 heteroatoms. The summed E-state index contributed by atoms with van der Waals surface area (Å²) in [6.07, 6.45) is 4.17. The third-order valence-corrected chi connectivity index (χ3v) is 4.47. The van der Waals surface area contributed by atoms with Gasteiger partial charge in [-0.25, -0.2) is 4.98 Å². The molecule has 2 aliphatic rings. The van der Waals surface area contributed by atoms with Gasteiger partial charge in [-0.2, -0.15) is 4.98 Å². The molecule has 0 saturated carbocycles. The van der Waals surface area contributed by atoms with Crippen LogP contribution in [0.5, 0.6) is 0 Å². The zero-order valence-corrected chi connectivity index (χ0v) is 13.5. The average molecular weight is 305 g/mol. The molecule has 6 nitrogen and oxygen atoms in total. The van der Waals surface area contributed by atoms with Crippen molar-refractivity contribution in [2.45, 2.75) is 32.6 Å². The highest BCUT2D eigenvalue weighted by Gasteiger charge is 2.27. The van der Waals surface area contributed by atoms with Crippen LogP contribution in [-0.4, -0.2) is 49.4 Å². The highest BCUT2D eigenvalue weighted by Crippen LogP contribution is 2.29. The Bertz CT molecular complexity index is 508. The van der Waals surface area contributed by atoms with Crippen molar-refractivity contribution in [3.8, 4) is 0 Å². The van der Waals surface area contributed by atoms with Crippen LogP contribution in [0.25, 0.3) is 0 Å². The zero-order chi connectivity index (χ0) is 15.4. The summed E-state index contributed by atoms with van der Waals surface area (Å²) in [6.45, 7) is 7.87. The summed E-state index contributed by atoms with van der Waals surface area (Å²) in [5.74, 6) is 2.06. The van der Waals surface area contributed by atoms with E-state index in [4.69, 9.17) is 10.5 Å². The van der Waals surface area contributed by atoms with Gasteiger partial charge in [0.05, 0.1) is 12.3 Å². The minimum atomic E-state index is 0.404. The summed E-state index contributed by atoms with van der Waals surface area (Å²) >= 11 is 0. The predicted octanol–water partition coefficient (Wildman–Crippen LogP) is 1.000. The van der Waals surface area contributed by atoms with Crippen LogP contribution >= 0.6 is 0 Å². The number of nitrogen functional groups attached to an aromatic ring is 1. The molecule has 0 amide bonds. The van der Waals surface area contributed by atoms with Crippen molar-refractivity contribution in [1.82, 2.24) is 15.3 Å². The van der Waals surface area contributed by atoms with E-state index in [-0.39, 0.29) is 0 Å². The Hall–Kier alpha value is -1.40. The first kappa shape index (κ1) is 15.5. The average Bonchev–Trinajstić information content (AvgIpc) is 2.84. The summed E-state index contributed by atoms with van der Waals surface area (Å²) in [7, 11) is 0. The molecule has 1 saturated heterocycles. The van der Waals surface area contributed by atoms with Gasteiger partial charge in [0.15, 0.2) is 0 Å². The fraction of sp³-hybridized carbons (Fsp3) is 0.750. The first-order valence-corrected chi connectivity index (χ1v) is 8.46. The van der Waals surface area contributed by atoms with Gasteiger partial charge in [0.1, 0.15) is 5.82 Å². The first-order valence-electron chi connectivity index (χ1n) is 8.46. The molecule has 0 spiro atoms. The van der Waals surface area contributed by atoms with Gasteiger partial charge < -0.3 is 20.7 Å². The summed E-state index contributed by atoms with van der Waals surface area (Å²) in [5, 5.41) is 3.43. The van der Waals surface area contributed by atoms with Crippen molar-refractivity contribution in [2.75, 3.05) is 50.0 Å². The summed E-state index contributed by atoms with van der Waals surface area (Å²) in [4.78, 5) is 11.4. The van der Waals surface area contributed by atoms with E-state index in [0.717, 1.165) is 70.2 Å². The first-order chi connectivity index (χ1) is 10.8. The highest BCUT2D eigenvalue weighted by atomic mass is 16.5. The van der Waals surface area contributed by atoms with Gasteiger partial charge in [-0.05, 0) is 25.8 Å². The largest absolute Gasteiger partial charge is 0.381 e. The van der Waals surface area contributed by atoms with E-state index in [1.165, 1.54) is 12.0 Å². The Balaban J connectivity index is 1.73. The SMILES string of the molecule is CCCOC[C@@H]1CCN(c2nc(N)nc3c2CCNCC3)C1. The lowest BCUT2D eigenvalue weighted by Gasteiger charge is -2.22. The van der Waals surface area contributed by atoms with Crippen LogP contribution in [0.3, 0.4) is 0 Å². The maximum absolute atomic E-state index is 5.94. The third kappa shape index (κ3) is 3.50. The molecule has 3 rings (SSSR count). The van der Waals surface area contributed by atoms with Crippen molar-refractivity contribution < 1.29 is 4.74 Å². The lowest BCUT2D eigenvalue weighted by Crippen LogP contribution is -2.25. The van der Waals surface area contributed by atoms with Crippen LogP contribution in [0, 0.1) is 5.92 Å². The minimum Gasteiger partial charge on any atom is -0.381 e. The molecule has 1 fully saturated rings. The smallest absolute Gasteiger partial charge is 0.222 e. The molecule has 1 aromatic rings. The summed E-state index contributed by atoms with van der Waals surface area (Å²) < 4.78 is 5.71. The number of fused-ring (bicyclic) bond motifs is 1. The van der Waals surface area contributed by atoms with E-state index in [2.05, 4.69) is 27.1 Å². The van der Waals surface area contributed by atoms with Crippen LogP contribution in [0.2, 0.25) is 0 Å². The maximum atomic E-state index is 5.94. The normalized spacial score (nSPS) is 21.7. The number of aromatic nitrogens is 2. The van der Waals surface area contributed by atoms with Crippen molar-refractivity contribution in [3.63, 3.8) is 0 Å². The van der Waals surface area contributed by atoms with Gasteiger partial charge in [-0.1, -0.05) is 6.92 Å². The maximum Gasteiger partial charge on any atom is 0.222 e. The van der Waals surface area contributed by atoms with Crippen LogP contribution in [0.1, 0.15) is 31.0 Å². The molecule has 0 bridgehead atoms. The van der Waals surface area contributed by atoms with E-state index < -0.39 is 0 Å². The monoisotopic (exact) mass is 305 g/mol. The molecule has 0 radical (unpaired) electrons. The Labute approximate surface area is 132 Å². The Morgan fingerprint density at radius 3 is 3.05 bits per heavy atom. The van der Waals surface area contributed by atoms with E-state index in [9.17, 15) is 0 Å². The van der Waals surface area contributed by atoms with Gasteiger partial charge in [0, 0.05) is 44.1 Å². The Kier molecular flexibility index (Phi) is 5.10. The van der Waals surface area contributed by atoms with Crippen molar-refractivity contribution >= 4 is 11.8 Å². The zero-order valence-electron chi connectivity index (χ0n) is 13.5. The summed E-state index contributed by atoms with van der Waals surface area (Å²) in [6, 6.07) is 0. The number of anilines is 2. The van der Waals surface area contributed by atoms with Crippen molar-refractivity contribution in [2.24, 2.45) is 5.92 Å². The molecular weight excluding hydrogens is 278 g/mol. The molecule has 122 valence electrons. The summed E-state index contributed by atoms with van der Waals surface area (Å²) in [5.41, 5.74) is 8.35. The number of nitrogens with one attached hydrogen (secondary N) is 1. The van der Waals surface area contributed by atoms with Gasteiger partial charge in [-0.3, -0.25) is 0 Å². The fourth-order valence-corrected chi connectivity index (χ4v) is 3.36. The number of hydrogen-bond acceptors (Lipinski definition) is 6. The van der Waals surface area contributed by atoms with E-state index in [1.807, 2.05) is 0 Å². The highest BCUT2D eigenvalue weighted by molar-refractivity contribution is 5.53. The lowest BCUT2D eigenvalue weighted by molar-refractivity contribution is 0.106. The molecule has 3 N–H and O–H groups in total. The number of rotatable bonds is 5. The fourth-order valence-electron chi connectivity index (χ4n) is 3.36. The van der Waals surface area contributed by atoms with Crippen molar-refractivity contribution in [3.05, 3.63) is 11.3 Å². The predicted molar refractivity (Wildman–Crippen MR) is 88.2 cm³/mol. The molecule has 2 aliphatic heterocycles. The standard InChI is InChI=1S/C16H27N5O/c1-2-9-22-11-12-5-8-21(10-12)15-13-3-6-18-7-4-14(13)19-16(17)20-15/h12,18H,2-11H2,1H3,(H2,17,19,20)/t12-/m1/s1. The Morgan fingerprint density at radius 2 is 2.18 bits per heavy atom. The second-order valence-corrected chi connectivity index (χ2v) is 6.26. The number of nitrogens with two attached hydrogens (primary N) is 1. The quantitative estimate of drug-likeness (QED) is 0.791. The van der Waals surface area contributed by atoms with Crippen molar-refractivity contribution in [1.29, 1.82) is 0 Å². The molecule has 22 heavy (non-hydrogen) atoms. The van der Waals surface area contributed by atoms with Gasteiger partial charge in [0.25, 0.3) is 0 Å². The van der Waals surface area contributed by atoms with Crippen LogP contribution in [0.4, 0.5) is 11.8 Å². The van der Waals surface area contributed by atoms with Crippen LogP contribution in [-0.2, 0) is 17.6 Å². The number of hydrogen-bond donors (Lipinski definition) is 2. The molecule has 1 atom stereocenters. The molecule has 3 heterocycles. The van der Waals surface area contributed by atoms with Crippen LogP contribution < -0.4 is 16.0 Å². The van der Waals surface area contributed by atoms with Crippen LogP contribution in [0.15, 0.2) is 0 Å². The molecular formula is C16H27N5O. The third-order valence-electron chi connectivity index (χ3n) is 4.47. The number of ether oxygens (including phenoxy) is 1. The number of nitrogens with zero attached hydrogens (tertiary/aromatic N) is 3. The second kappa shape index (κ2) is 7.24. The second-order valence-electron chi connectivity index (χ2n) is 6.26. The van der Waals surface area contributed by atoms with E-state index >= 15 is 0 Å². The van der Waals surface area contributed by atoms with Gasteiger partial charge in [0.2, 0.25) is 5.95 Å². The van der Waals surface area contributed by atoms with E-state index in [0.29, 0.717) is 11.9 Å². The Morgan fingerprint density at radius 1 is 1.32 bits per heavy atom. The molecule has 1 aromatic heterocycles. The minimum absolute atomic E-state index is 0.404. The molecule has 0 aliphatic carbocycles. The molecule has 0 unspecified atom stereocenters.